The number of para-hydroxylation sites is 1. The van der Waals surface area contributed by atoms with E-state index in [-0.39, 0.29) is 17.0 Å². The number of hydrogen-bond donors (Lipinski definition) is 3. The molecule has 0 amide bonds. The van der Waals surface area contributed by atoms with Gasteiger partial charge in [0.25, 0.3) is 0 Å². The van der Waals surface area contributed by atoms with E-state index in [1.807, 2.05) is 26.0 Å². The molecular formula is C19H31N3O3S. The summed E-state index contributed by atoms with van der Waals surface area (Å²) in [7, 11) is 0.795. The molecule has 1 saturated carbocycles. The summed E-state index contributed by atoms with van der Waals surface area (Å²) >= 11 is 0. The van der Waals surface area contributed by atoms with E-state index in [1.165, 1.54) is 7.11 Å². The fourth-order valence-electron chi connectivity index (χ4n) is 3.29. The third-order valence-corrected chi connectivity index (χ3v) is 6.42. The van der Waals surface area contributed by atoms with Crippen LogP contribution in [0.15, 0.2) is 23.2 Å². The molecule has 1 aliphatic carbocycles. The van der Waals surface area contributed by atoms with Gasteiger partial charge in [0.1, 0.15) is 0 Å². The van der Waals surface area contributed by atoms with Gasteiger partial charge in [0.05, 0.1) is 13.7 Å². The second kappa shape index (κ2) is 10.4. The summed E-state index contributed by atoms with van der Waals surface area (Å²) in [5.41, 5.74) is 0.718. The summed E-state index contributed by atoms with van der Waals surface area (Å²) in [6, 6.07) is 5.68. The quantitative estimate of drug-likeness (QED) is 0.499. The Labute approximate surface area is 158 Å². The molecule has 0 radical (unpaired) electrons. The maximum absolute atomic E-state index is 12.1. The monoisotopic (exact) mass is 381 g/mol. The van der Waals surface area contributed by atoms with Crippen molar-refractivity contribution in [3.63, 3.8) is 0 Å². The van der Waals surface area contributed by atoms with E-state index in [0.717, 1.165) is 49.5 Å². The zero-order valence-electron chi connectivity index (χ0n) is 16.0. The summed E-state index contributed by atoms with van der Waals surface area (Å²) in [5, 5.41) is 17.2. The Bertz CT molecular complexity index is 636. The molecule has 1 aromatic carbocycles. The minimum absolute atomic E-state index is 0.130. The fourth-order valence-corrected chi connectivity index (χ4v) is 4.64. The number of aromatic hydroxyl groups is 1. The van der Waals surface area contributed by atoms with Crippen molar-refractivity contribution in [2.75, 3.05) is 19.4 Å². The number of hydrogen-bond acceptors (Lipinski definition) is 4. The predicted molar refractivity (Wildman–Crippen MR) is 107 cm³/mol. The summed E-state index contributed by atoms with van der Waals surface area (Å²) in [6.07, 6.45) is 4.11. The molecule has 2 rings (SSSR count). The molecule has 146 valence electrons. The Balaban J connectivity index is 2.04. The van der Waals surface area contributed by atoms with Gasteiger partial charge < -0.3 is 20.5 Å². The second-order valence-electron chi connectivity index (χ2n) is 6.46. The number of rotatable bonds is 7. The van der Waals surface area contributed by atoms with Gasteiger partial charge >= 0.3 is 0 Å². The average Bonchev–Trinajstić information content (AvgIpc) is 2.66. The normalized spacial score (nSPS) is 21.9. The number of phenolic OH excluding ortho intramolecular Hbond substituents is 1. The Hall–Kier alpha value is -1.76. The molecule has 0 aliphatic heterocycles. The van der Waals surface area contributed by atoms with Gasteiger partial charge in [-0.2, -0.15) is 0 Å². The summed E-state index contributed by atoms with van der Waals surface area (Å²) in [4.78, 5) is 4.61. The summed E-state index contributed by atoms with van der Waals surface area (Å²) in [6.45, 7) is 5.12. The van der Waals surface area contributed by atoms with Crippen molar-refractivity contribution in [2.24, 2.45) is 4.99 Å². The van der Waals surface area contributed by atoms with Crippen LogP contribution in [0.5, 0.6) is 11.5 Å². The zero-order valence-corrected chi connectivity index (χ0v) is 16.8. The molecule has 3 atom stereocenters. The largest absolute Gasteiger partial charge is 0.504 e. The van der Waals surface area contributed by atoms with Crippen LogP contribution in [0.2, 0.25) is 0 Å². The van der Waals surface area contributed by atoms with E-state index in [9.17, 15) is 9.32 Å². The molecule has 1 fully saturated rings. The minimum atomic E-state index is -0.740. The Kier molecular flexibility index (Phi) is 8.22. The van der Waals surface area contributed by atoms with Crippen LogP contribution in [0.3, 0.4) is 0 Å². The molecule has 7 heteroatoms. The van der Waals surface area contributed by atoms with E-state index in [4.69, 9.17) is 4.74 Å². The zero-order chi connectivity index (χ0) is 18.9. The highest BCUT2D eigenvalue weighted by atomic mass is 32.2. The molecule has 26 heavy (non-hydrogen) atoms. The molecule has 0 heterocycles. The molecule has 1 aliphatic rings. The highest BCUT2D eigenvalue weighted by Gasteiger charge is 2.26. The predicted octanol–water partition coefficient (Wildman–Crippen LogP) is 2.54. The topological polar surface area (TPSA) is 83.0 Å². The van der Waals surface area contributed by atoms with Crippen LogP contribution in [-0.4, -0.2) is 46.0 Å². The number of ether oxygens (including phenoxy) is 1. The lowest BCUT2D eigenvalue weighted by Crippen LogP contribution is -2.46. The van der Waals surface area contributed by atoms with Gasteiger partial charge in [-0.25, -0.2) is 4.99 Å². The van der Waals surface area contributed by atoms with E-state index >= 15 is 0 Å². The first-order chi connectivity index (χ1) is 12.6. The van der Waals surface area contributed by atoms with Crippen molar-refractivity contribution in [1.82, 2.24) is 10.6 Å². The third kappa shape index (κ3) is 5.62. The first kappa shape index (κ1) is 20.6. The molecule has 6 nitrogen and oxygen atoms in total. The van der Waals surface area contributed by atoms with Gasteiger partial charge in [0.2, 0.25) is 0 Å². The highest BCUT2D eigenvalue weighted by Crippen LogP contribution is 2.29. The number of nitrogens with one attached hydrogen (secondary N) is 2. The number of methoxy groups -OCH3 is 1. The Morgan fingerprint density at radius 1 is 1.38 bits per heavy atom. The Morgan fingerprint density at radius 3 is 2.88 bits per heavy atom. The Morgan fingerprint density at radius 2 is 2.19 bits per heavy atom. The SMILES string of the molecule is CCNC(=NCc1cccc(OC)c1O)NC1CCCC(S(=O)CC)C1. The van der Waals surface area contributed by atoms with Crippen molar-refractivity contribution >= 4 is 16.8 Å². The number of phenols is 1. The first-order valence-corrected chi connectivity index (χ1v) is 10.7. The average molecular weight is 382 g/mol. The van der Waals surface area contributed by atoms with Crippen molar-refractivity contribution in [2.45, 2.75) is 57.4 Å². The van der Waals surface area contributed by atoms with Crippen LogP contribution in [-0.2, 0) is 17.3 Å². The van der Waals surface area contributed by atoms with Crippen LogP contribution in [0.4, 0.5) is 0 Å². The molecule has 0 spiro atoms. The fraction of sp³-hybridized carbons (Fsp3) is 0.632. The maximum Gasteiger partial charge on any atom is 0.191 e. The molecule has 3 unspecified atom stereocenters. The highest BCUT2D eigenvalue weighted by molar-refractivity contribution is 7.85. The first-order valence-electron chi connectivity index (χ1n) is 9.35. The van der Waals surface area contributed by atoms with Gasteiger partial charge in [0.15, 0.2) is 17.5 Å². The van der Waals surface area contributed by atoms with Crippen molar-refractivity contribution in [3.8, 4) is 11.5 Å². The number of nitrogens with zero attached hydrogens (tertiary/aromatic N) is 1. The summed E-state index contributed by atoms with van der Waals surface area (Å²) in [5.74, 6) is 2.03. The van der Waals surface area contributed by atoms with Gasteiger partial charge in [-0.05, 0) is 32.3 Å². The van der Waals surface area contributed by atoms with E-state index in [0.29, 0.717) is 12.3 Å². The van der Waals surface area contributed by atoms with Crippen LogP contribution in [0.1, 0.15) is 45.1 Å². The molecule has 0 aromatic heterocycles. The van der Waals surface area contributed by atoms with Gasteiger partial charge in [-0.3, -0.25) is 4.21 Å². The van der Waals surface area contributed by atoms with E-state index in [1.54, 1.807) is 6.07 Å². The number of aliphatic imine (C=N–C) groups is 1. The minimum Gasteiger partial charge on any atom is -0.504 e. The number of benzene rings is 1. The van der Waals surface area contributed by atoms with E-state index in [2.05, 4.69) is 15.6 Å². The lowest BCUT2D eigenvalue weighted by atomic mass is 9.95. The molecule has 3 N–H and O–H groups in total. The van der Waals surface area contributed by atoms with Gasteiger partial charge in [0, 0.05) is 40.0 Å². The summed E-state index contributed by atoms with van der Waals surface area (Å²) < 4.78 is 17.3. The lowest BCUT2D eigenvalue weighted by molar-refractivity contribution is 0.370. The molecule has 1 aromatic rings. The molecular weight excluding hydrogens is 350 g/mol. The second-order valence-corrected chi connectivity index (χ2v) is 8.47. The van der Waals surface area contributed by atoms with Gasteiger partial charge in [-0.1, -0.05) is 25.5 Å². The van der Waals surface area contributed by atoms with Gasteiger partial charge in [-0.15, -0.1) is 0 Å². The van der Waals surface area contributed by atoms with Crippen LogP contribution in [0.25, 0.3) is 0 Å². The maximum atomic E-state index is 12.1. The van der Waals surface area contributed by atoms with E-state index < -0.39 is 10.8 Å². The third-order valence-electron chi connectivity index (χ3n) is 4.68. The van der Waals surface area contributed by atoms with Crippen molar-refractivity contribution in [1.29, 1.82) is 0 Å². The van der Waals surface area contributed by atoms with Crippen molar-refractivity contribution in [3.05, 3.63) is 23.8 Å². The van der Waals surface area contributed by atoms with Crippen LogP contribution >= 0.6 is 0 Å². The molecule has 0 saturated heterocycles. The number of guanidine groups is 1. The van der Waals surface area contributed by atoms with Crippen LogP contribution < -0.4 is 15.4 Å². The smallest absolute Gasteiger partial charge is 0.191 e. The van der Waals surface area contributed by atoms with Crippen LogP contribution in [0, 0.1) is 0 Å². The standard InChI is InChI=1S/C19H31N3O3S/c1-4-20-19(21-13-14-8-6-11-17(25-3)18(14)23)22-15-9-7-10-16(12-15)26(24)5-2/h6,8,11,15-16,23H,4-5,7,9-10,12-13H2,1-3H3,(H2,20,21,22). The lowest BCUT2D eigenvalue weighted by Gasteiger charge is -2.30. The molecule has 0 bridgehead atoms. The van der Waals surface area contributed by atoms with Crippen molar-refractivity contribution < 1.29 is 14.1 Å².